The second-order valence-corrected chi connectivity index (χ2v) is 8.09. The van der Waals surface area contributed by atoms with Gasteiger partial charge in [-0.15, -0.1) is 0 Å². The van der Waals surface area contributed by atoms with Crippen LogP contribution in [0.25, 0.3) is 33.1 Å². The van der Waals surface area contributed by atoms with Crippen LogP contribution in [0.3, 0.4) is 0 Å². The lowest BCUT2D eigenvalue weighted by atomic mass is 10.0. The van der Waals surface area contributed by atoms with Gasteiger partial charge < -0.3 is 0 Å². The monoisotopic (exact) mass is 418 g/mol. The summed E-state index contributed by atoms with van der Waals surface area (Å²) in [7, 11) is 0. The van der Waals surface area contributed by atoms with E-state index in [4.69, 9.17) is 4.98 Å². The number of hydrogen-bond acceptors (Lipinski definition) is 2. The molecule has 2 nitrogen and oxygen atoms in total. The molecule has 0 spiro atoms. The second kappa shape index (κ2) is 11.2. The molecule has 0 fully saturated rings. The first-order valence-electron chi connectivity index (χ1n) is 11.6. The molecule has 0 aliphatic rings. The van der Waals surface area contributed by atoms with Crippen molar-refractivity contribution in [1.29, 1.82) is 0 Å². The normalized spacial score (nSPS) is 10.7. The quantitative estimate of drug-likeness (QED) is 0.259. The number of nitrogens with zero attached hydrogens (tertiary/aromatic N) is 2. The highest BCUT2D eigenvalue weighted by Crippen LogP contribution is 2.22. The number of para-hydroxylation sites is 2. The van der Waals surface area contributed by atoms with Gasteiger partial charge in [0, 0.05) is 22.5 Å². The van der Waals surface area contributed by atoms with Crippen molar-refractivity contribution in [3.05, 3.63) is 109 Å². The van der Waals surface area contributed by atoms with E-state index in [1.54, 1.807) is 0 Å². The molecule has 0 unspecified atom stereocenters. The number of benzene rings is 3. The SMILES string of the molecule is CCCCCCc1ccc(-c2ccc3ccccc3n2)cc1.c1ccc2ncccc2c1. The van der Waals surface area contributed by atoms with Gasteiger partial charge in [-0.05, 0) is 42.7 Å². The molecule has 0 aliphatic carbocycles. The Kier molecular flexibility index (Phi) is 7.60. The van der Waals surface area contributed by atoms with Gasteiger partial charge in [-0.1, -0.05) is 99.0 Å². The van der Waals surface area contributed by atoms with Crippen LogP contribution in [0, 0.1) is 0 Å². The lowest BCUT2D eigenvalue weighted by molar-refractivity contribution is 0.667. The lowest BCUT2D eigenvalue weighted by Gasteiger charge is -2.05. The summed E-state index contributed by atoms with van der Waals surface area (Å²) in [6.07, 6.45) is 8.27. The number of unbranched alkanes of at least 4 members (excludes halogenated alkanes) is 3. The van der Waals surface area contributed by atoms with Crippen LogP contribution in [0.5, 0.6) is 0 Å². The van der Waals surface area contributed by atoms with Gasteiger partial charge in [-0.3, -0.25) is 4.98 Å². The van der Waals surface area contributed by atoms with Crippen molar-refractivity contribution >= 4 is 21.8 Å². The number of aromatic nitrogens is 2. The minimum Gasteiger partial charge on any atom is -0.256 e. The van der Waals surface area contributed by atoms with Gasteiger partial charge in [0.1, 0.15) is 0 Å². The molecule has 0 amide bonds. The molecule has 0 atom stereocenters. The molecule has 160 valence electrons. The summed E-state index contributed by atoms with van der Waals surface area (Å²) in [5, 5.41) is 2.39. The molecule has 5 rings (SSSR count). The summed E-state index contributed by atoms with van der Waals surface area (Å²) in [6.45, 7) is 2.26. The summed E-state index contributed by atoms with van der Waals surface area (Å²) in [5.74, 6) is 0. The maximum atomic E-state index is 4.76. The van der Waals surface area contributed by atoms with E-state index in [9.17, 15) is 0 Å². The summed E-state index contributed by atoms with van der Waals surface area (Å²) < 4.78 is 0. The first-order chi connectivity index (χ1) is 15.8. The van der Waals surface area contributed by atoms with Gasteiger partial charge in [0.2, 0.25) is 0 Å². The van der Waals surface area contributed by atoms with Crippen LogP contribution >= 0.6 is 0 Å². The molecule has 2 heterocycles. The zero-order valence-corrected chi connectivity index (χ0v) is 18.7. The fourth-order valence-corrected chi connectivity index (χ4v) is 3.84. The predicted molar refractivity (Wildman–Crippen MR) is 137 cm³/mol. The third-order valence-corrected chi connectivity index (χ3v) is 5.68. The maximum Gasteiger partial charge on any atom is 0.0709 e. The maximum absolute atomic E-state index is 4.76. The lowest BCUT2D eigenvalue weighted by Crippen LogP contribution is -1.88. The Morgan fingerprint density at radius 1 is 0.594 bits per heavy atom. The molecule has 32 heavy (non-hydrogen) atoms. The fraction of sp³-hybridized carbons (Fsp3) is 0.200. The van der Waals surface area contributed by atoms with Gasteiger partial charge in [0.05, 0.1) is 16.7 Å². The van der Waals surface area contributed by atoms with Crippen LogP contribution in [-0.2, 0) is 6.42 Å². The first-order valence-corrected chi connectivity index (χ1v) is 11.6. The highest BCUT2D eigenvalue weighted by Gasteiger charge is 2.02. The Bertz CT molecular complexity index is 1190. The molecule has 0 saturated carbocycles. The Morgan fingerprint density at radius 3 is 2.03 bits per heavy atom. The van der Waals surface area contributed by atoms with Gasteiger partial charge in [-0.2, -0.15) is 0 Å². The Labute approximate surface area is 191 Å². The third kappa shape index (κ3) is 5.79. The van der Waals surface area contributed by atoms with Gasteiger partial charge in [-0.25, -0.2) is 4.98 Å². The molecule has 0 radical (unpaired) electrons. The molecular weight excluding hydrogens is 388 g/mol. The zero-order valence-electron chi connectivity index (χ0n) is 18.7. The van der Waals surface area contributed by atoms with Crippen molar-refractivity contribution in [3.8, 4) is 11.3 Å². The summed E-state index contributed by atoms with van der Waals surface area (Å²) in [4.78, 5) is 8.94. The molecule has 0 bridgehead atoms. The van der Waals surface area contributed by atoms with Crippen LogP contribution in [0.4, 0.5) is 0 Å². The van der Waals surface area contributed by atoms with Crippen molar-refractivity contribution in [2.24, 2.45) is 0 Å². The minimum absolute atomic E-state index is 1.05. The Morgan fingerprint density at radius 2 is 1.28 bits per heavy atom. The van der Waals surface area contributed by atoms with Gasteiger partial charge in [0.25, 0.3) is 0 Å². The Balaban J connectivity index is 0.000000203. The topological polar surface area (TPSA) is 25.8 Å². The predicted octanol–water partition coefficient (Wildman–Crippen LogP) is 8.26. The highest BCUT2D eigenvalue weighted by molar-refractivity contribution is 5.81. The van der Waals surface area contributed by atoms with Crippen molar-refractivity contribution in [2.75, 3.05) is 0 Å². The molecule has 2 heteroatoms. The minimum atomic E-state index is 1.05. The zero-order chi connectivity index (χ0) is 22.0. The van der Waals surface area contributed by atoms with Crippen LogP contribution in [0.2, 0.25) is 0 Å². The first kappa shape index (κ1) is 21.7. The van der Waals surface area contributed by atoms with Crippen LogP contribution in [0.1, 0.15) is 38.2 Å². The molecule has 5 aromatic rings. The average Bonchev–Trinajstić information content (AvgIpc) is 2.87. The number of rotatable bonds is 6. The molecule has 0 N–H and O–H groups in total. The molecule has 0 aliphatic heterocycles. The van der Waals surface area contributed by atoms with E-state index in [1.807, 2.05) is 36.5 Å². The number of pyridine rings is 2. The molecular formula is C30H30N2. The molecule has 2 aromatic heterocycles. The third-order valence-electron chi connectivity index (χ3n) is 5.68. The van der Waals surface area contributed by atoms with Crippen molar-refractivity contribution in [3.63, 3.8) is 0 Å². The summed E-state index contributed by atoms with van der Waals surface area (Å²) >= 11 is 0. The number of hydrogen-bond donors (Lipinski definition) is 0. The highest BCUT2D eigenvalue weighted by atomic mass is 14.7. The van der Waals surface area contributed by atoms with Crippen molar-refractivity contribution in [1.82, 2.24) is 9.97 Å². The van der Waals surface area contributed by atoms with E-state index in [0.29, 0.717) is 0 Å². The van der Waals surface area contributed by atoms with E-state index < -0.39 is 0 Å². The van der Waals surface area contributed by atoms with E-state index in [1.165, 1.54) is 54.0 Å². The van der Waals surface area contributed by atoms with E-state index in [0.717, 1.165) is 16.7 Å². The van der Waals surface area contributed by atoms with Gasteiger partial charge >= 0.3 is 0 Å². The van der Waals surface area contributed by atoms with E-state index in [2.05, 4.69) is 78.6 Å². The molecule has 3 aromatic carbocycles. The average molecular weight is 419 g/mol. The summed E-state index contributed by atoms with van der Waals surface area (Å²) in [6, 6.07) is 33.5. The molecule has 0 saturated heterocycles. The largest absolute Gasteiger partial charge is 0.256 e. The van der Waals surface area contributed by atoms with Crippen molar-refractivity contribution < 1.29 is 0 Å². The fourth-order valence-electron chi connectivity index (χ4n) is 3.84. The Hall–Kier alpha value is -3.52. The van der Waals surface area contributed by atoms with Crippen LogP contribution in [0.15, 0.2) is 103 Å². The van der Waals surface area contributed by atoms with Crippen LogP contribution < -0.4 is 0 Å². The second-order valence-electron chi connectivity index (χ2n) is 8.09. The van der Waals surface area contributed by atoms with E-state index >= 15 is 0 Å². The van der Waals surface area contributed by atoms with Crippen molar-refractivity contribution in [2.45, 2.75) is 39.0 Å². The van der Waals surface area contributed by atoms with Gasteiger partial charge in [0.15, 0.2) is 0 Å². The smallest absolute Gasteiger partial charge is 0.0709 e. The van der Waals surface area contributed by atoms with E-state index in [-0.39, 0.29) is 0 Å². The number of aryl methyl sites for hydroxylation is 1. The summed E-state index contributed by atoms with van der Waals surface area (Å²) in [5.41, 5.74) is 5.80. The van der Waals surface area contributed by atoms with Crippen LogP contribution in [-0.4, -0.2) is 9.97 Å². The standard InChI is InChI=1S/C21H23N.C9H7N/c1-2-3-4-5-8-17-11-13-19(14-12-17)21-16-15-18-9-6-7-10-20(18)22-21;1-2-6-9-8(4-1)5-3-7-10-9/h6-7,9-16H,2-5,8H2,1H3;1-7H. The number of fused-ring (bicyclic) bond motifs is 2.